The molecule has 12 heavy (non-hydrogen) atoms. The standard InChI is InChI=1S/C8H14N4/c1-5-2-3-6(9)4-7(5)8(10,11)12/h2-4H,9-12H2,1H3. The van der Waals surface area contributed by atoms with E-state index in [1.165, 1.54) is 0 Å². The number of hydrogen-bond acceptors (Lipinski definition) is 4. The Bertz CT molecular complexity index is 288. The molecule has 1 aromatic rings. The first-order valence-corrected chi connectivity index (χ1v) is 3.64. The molecular weight excluding hydrogens is 152 g/mol. The Morgan fingerprint density at radius 2 is 1.75 bits per heavy atom. The zero-order valence-corrected chi connectivity index (χ0v) is 7.04. The van der Waals surface area contributed by atoms with E-state index >= 15 is 0 Å². The fourth-order valence-electron chi connectivity index (χ4n) is 1.11. The van der Waals surface area contributed by atoms with Gasteiger partial charge in [-0.05, 0) is 24.6 Å². The zero-order valence-electron chi connectivity index (χ0n) is 7.04. The van der Waals surface area contributed by atoms with Crippen molar-refractivity contribution in [2.45, 2.75) is 12.7 Å². The van der Waals surface area contributed by atoms with E-state index in [0.29, 0.717) is 11.3 Å². The van der Waals surface area contributed by atoms with Gasteiger partial charge in [-0.15, -0.1) is 0 Å². The van der Waals surface area contributed by atoms with Crippen LogP contribution in [0.15, 0.2) is 18.2 Å². The molecule has 0 heterocycles. The van der Waals surface area contributed by atoms with Gasteiger partial charge < -0.3 is 5.73 Å². The summed E-state index contributed by atoms with van der Waals surface area (Å²) in [6.07, 6.45) is 0. The Morgan fingerprint density at radius 1 is 1.17 bits per heavy atom. The van der Waals surface area contributed by atoms with E-state index in [4.69, 9.17) is 22.9 Å². The van der Waals surface area contributed by atoms with E-state index < -0.39 is 5.79 Å². The van der Waals surface area contributed by atoms with Crippen LogP contribution in [0, 0.1) is 6.92 Å². The number of anilines is 1. The van der Waals surface area contributed by atoms with Crippen molar-refractivity contribution in [3.05, 3.63) is 29.3 Å². The molecule has 0 atom stereocenters. The maximum absolute atomic E-state index is 5.56. The summed E-state index contributed by atoms with van der Waals surface area (Å²) in [5.74, 6) is -1.31. The van der Waals surface area contributed by atoms with Crippen LogP contribution in [0.4, 0.5) is 5.69 Å². The summed E-state index contributed by atoms with van der Waals surface area (Å²) in [7, 11) is 0. The molecule has 0 amide bonds. The summed E-state index contributed by atoms with van der Waals surface area (Å²) in [6.45, 7) is 1.89. The molecule has 0 saturated carbocycles. The number of nitrogen functional groups attached to an aromatic ring is 1. The van der Waals surface area contributed by atoms with Gasteiger partial charge in [0.1, 0.15) is 5.79 Å². The maximum atomic E-state index is 5.56. The summed E-state index contributed by atoms with van der Waals surface area (Å²) < 4.78 is 0. The predicted octanol–water partition coefficient (Wildman–Crippen LogP) is -0.436. The Labute approximate surface area is 71.5 Å². The zero-order chi connectivity index (χ0) is 9.35. The van der Waals surface area contributed by atoms with Gasteiger partial charge in [-0.25, -0.2) is 0 Å². The highest BCUT2D eigenvalue weighted by Crippen LogP contribution is 2.16. The molecule has 1 rings (SSSR count). The van der Waals surface area contributed by atoms with Crippen LogP contribution in [0.3, 0.4) is 0 Å². The first-order valence-electron chi connectivity index (χ1n) is 3.64. The van der Waals surface area contributed by atoms with Gasteiger partial charge in [-0.3, -0.25) is 17.2 Å². The first kappa shape index (κ1) is 8.99. The van der Waals surface area contributed by atoms with Crippen LogP contribution in [0.1, 0.15) is 11.1 Å². The summed E-state index contributed by atoms with van der Waals surface area (Å²) in [4.78, 5) is 0. The summed E-state index contributed by atoms with van der Waals surface area (Å²) >= 11 is 0. The van der Waals surface area contributed by atoms with E-state index in [1.807, 2.05) is 13.0 Å². The van der Waals surface area contributed by atoms with Crippen molar-refractivity contribution >= 4 is 5.69 Å². The molecule has 1 aromatic carbocycles. The molecule has 0 aliphatic carbocycles. The Balaban J connectivity index is 3.23. The first-order chi connectivity index (χ1) is 5.41. The second kappa shape index (κ2) is 2.75. The van der Waals surface area contributed by atoms with Crippen LogP contribution in [0.5, 0.6) is 0 Å². The van der Waals surface area contributed by atoms with Crippen molar-refractivity contribution in [2.75, 3.05) is 5.73 Å². The van der Waals surface area contributed by atoms with Gasteiger partial charge in [0.05, 0.1) is 0 Å². The molecular formula is C8H14N4. The molecule has 0 bridgehead atoms. The molecule has 0 unspecified atom stereocenters. The Hall–Kier alpha value is -1.10. The number of rotatable bonds is 1. The normalized spacial score (nSPS) is 11.7. The van der Waals surface area contributed by atoms with Gasteiger partial charge in [0.15, 0.2) is 0 Å². The summed E-state index contributed by atoms with van der Waals surface area (Å²) in [5, 5.41) is 0. The molecule has 0 radical (unpaired) electrons. The fourth-order valence-corrected chi connectivity index (χ4v) is 1.11. The van der Waals surface area contributed by atoms with Crippen LogP contribution in [-0.2, 0) is 5.79 Å². The van der Waals surface area contributed by atoms with Gasteiger partial charge in [0.2, 0.25) is 0 Å². The average molecular weight is 166 g/mol. The quantitative estimate of drug-likeness (QED) is 0.335. The number of nitrogens with two attached hydrogens (primary N) is 4. The van der Waals surface area contributed by atoms with Crippen LogP contribution in [0.25, 0.3) is 0 Å². The minimum absolute atomic E-state index is 0.612. The lowest BCUT2D eigenvalue weighted by molar-refractivity contribution is 0.486. The maximum Gasteiger partial charge on any atom is 0.143 e. The molecule has 4 nitrogen and oxygen atoms in total. The van der Waals surface area contributed by atoms with E-state index in [9.17, 15) is 0 Å². The van der Waals surface area contributed by atoms with Crippen molar-refractivity contribution in [1.82, 2.24) is 0 Å². The second-order valence-electron chi connectivity index (χ2n) is 3.01. The lowest BCUT2D eigenvalue weighted by Gasteiger charge is -2.21. The van der Waals surface area contributed by atoms with Gasteiger partial charge in [-0.2, -0.15) is 0 Å². The fraction of sp³-hybridized carbons (Fsp3) is 0.250. The summed E-state index contributed by atoms with van der Waals surface area (Å²) in [5.41, 5.74) is 24.4. The lowest BCUT2D eigenvalue weighted by atomic mass is 10.0. The molecule has 0 aliphatic heterocycles. The van der Waals surface area contributed by atoms with Gasteiger partial charge >= 0.3 is 0 Å². The van der Waals surface area contributed by atoms with Crippen LogP contribution in [-0.4, -0.2) is 0 Å². The van der Waals surface area contributed by atoms with E-state index in [-0.39, 0.29) is 0 Å². The molecule has 0 aromatic heterocycles. The van der Waals surface area contributed by atoms with Gasteiger partial charge in [0, 0.05) is 11.3 Å². The minimum Gasteiger partial charge on any atom is -0.399 e. The molecule has 0 spiro atoms. The van der Waals surface area contributed by atoms with Crippen molar-refractivity contribution in [1.29, 1.82) is 0 Å². The molecule has 0 fully saturated rings. The third-order valence-corrected chi connectivity index (χ3v) is 1.73. The SMILES string of the molecule is Cc1ccc(N)cc1C(N)(N)N. The van der Waals surface area contributed by atoms with Gasteiger partial charge in [-0.1, -0.05) is 6.07 Å². The monoisotopic (exact) mass is 166 g/mol. The van der Waals surface area contributed by atoms with E-state index in [2.05, 4.69) is 0 Å². The van der Waals surface area contributed by atoms with Crippen molar-refractivity contribution < 1.29 is 0 Å². The Kier molecular flexibility index (Phi) is 2.06. The molecule has 8 N–H and O–H groups in total. The molecule has 66 valence electrons. The van der Waals surface area contributed by atoms with Crippen LogP contribution >= 0.6 is 0 Å². The van der Waals surface area contributed by atoms with E-state index in [1.54, 1.807) is 12.1 Å². The second-order valence-corrected chi connectivity index (χ2v) is 3.01. The Morgan fingerprint density at radius 3 is 2.17 bits per heavy atom. The smallest absolute Gasteiger partial charge is 0.143 e. The van der Waals surface area contributed by atoms with Crippen molar-refractivity contribution in [3.8, 4) is 0 Å². The van der Waals surface area contributed by atoms with Crippen LogP contribution in [0.2, 0.25) is 0 Å². The lowest BCUT2D eigenvalue weighted by Crippen LogP contribution is -2.54. The third kappa shape index (κ3) is 1.73. The minimum atomic E-state index is -1.31. The molecule has 0 saturated heterocycles. The highest BCUT2D eigenvalue weighted by Gasteiger charge is 2.17. The third-order valence-electron chi connectivity index (χ3n) is 1.73. The van der Waals surface area contributed by atoms with Crippen LogP contribution < -0.4 is 22.9 Å². The highest BCUT2D eigenvalue weighted by atomic mass is 15.1. The number of benzene rings is 1. The average Bonchev–Trinajstić information content (AvgIpc) is 1.92. The number of hydrogen-bond donors (Lipinski definition) is 4. The largest absolute Gasteiger partial charge is 0.399 e. The predicted molar refractivity (Wildman–Crippen MR) is 49.8 cm³/mol. The molecule has 4 heteroatoms. The molecule has 0 aliphatic rings. The van der Waals surface area contributed by atoms with Crippen molar-refractivity contribution in [3.63, 3.8) is 0 Å². The number of aryl methyl sites for hydroxylation is 1. The van der Waals surface area contributed by atoms with E-state index in [0.717, 1.165) is 5.56 Å². The van der Waals surface area contributed by atoms with Gasteiger partial charge in [0.25, 0.3) is 0 Å². The highest BCUT2D eigenvalue weighted by molar-refractivity contribution is 5.46. The summed E-state index contributed by atoms with van der Waals surface area (Å²) in [6, 6.07) is 5.31. The van der Waals surface area contributed by atoms with Crippen molar-refractivity contribution in [2.24, 2.45) is 17.2 Å². The topological polar surface area (TPSA) is 104 Å².